The van der Waals surface area contributed by atoms with Gasteiger partial charge in [-0.15, -0.1) is 0 Å². The van der Waals surface area contributed by atoms with Crippen molar-refractivity contribution in [2.24, 2.45) is 5.73 Å². The number of fused-ring (bicyclic) bond motifs is 1. The molecule has 0 amide bonds. The van der Waals surface area contributed by atoms with Crippen molar-refractivity contribution < 1.29 is 4.39 Å². The zero-order chi connectivity index (χ0) is 18.3. The molecule has 26 heavy (non-hydrogen) atoms. The highest BCUT2D eigenvalue weighted by molar-refractivity contribution is 8.00. The molecule has 2 atom stereocenters. The van der Waals surface area contributed by atoms with Crippen molar-refractivity contribution in [3.05, 3.63) is 71.2 Å². The minimum Gasteiger partial charge on any atom is -0.323 e. The average Bonchev–Trinajstić information content (AvgIpc) is 3.00. The average molecular weight is 388 g/mol. The molecule has 4 rings (SSSR count). The van der Waals surface area contributed by atoms with Crippen molar-refractivity contribution in [2.45, 2.75) is 23.2 Å². The number of halogens is 2. The van der Waals surface area contributed by atoms with Crippen LogP contribution in [0.5, 0.6) is 0 Å². The highest BCUT2D eigenvalue weighted by Crippen LogP contribution is 2.55. The van der Waals surface area contributed by atoms with Crippen molar-refractivity contribution in [2.75, 3.05) is 4.90 Å². The van der Waals surface area contributed by atoms with E-state index in [0.29, 0.717) is 22.1 Å². The van der Waals surface area contributed by atoms with Crippen LogP contribution in [-0.2, 0) is 0 Å². The van der Waals surface area contributed by atoms with Gasteiger partial charge < -0.3 is 10.6 Å². The molecule has 1 aliphatic heterocycles. The molecule has 132 valence electrons. The number of anilines is 2. The van der Waals surface area contributed by atoms with Gasteiger partial charge in [-0.3, -0.25) is 4.98 Å². The van der Waals surface area contributed by atoms with Crippen LogP contribution in [0.15, 0.2) is 53.9 Å². The fourth-order valence-electron chi connectivity index (χ4n) is 2.88. The first-order valence-corrected chi connectivity index (χ1v) is 9.23. The van der Waals surface area contributed by atoms with Gasteiger partial charge in [0.1, 0.15) is 23.3 Å². The molecule has 0 radical (unpaired) electrons. The lowest BCUT2D eigenvalue weighted by Gasteiger charge is -2.27. The van der Waals surface area contributed by atoms with Crippen LogP contribution in [0.3, 0.4) is 0 Å². The standard InChI is InChI=1S/C18H15ClFN5S/c1-10(21)13-7-16(24-9-23-13)25-14-5-6-22-8-15(14)26-18(25)17-11(19)3-2-4-12(17)20/h2-10,18H,21H2,1H3. The Hall–Kier alpha value is -2.22. The Labute approximate surface area is 159 Å². The minimum absolute atomic E-state index is 0.237. The topological polar surface area (TPSA) is 67.9 Å². The summed E-state index contributed by atoms with van der Waals surface area (Å²) in [6.45, 7) is 1.86. The number of thioether (sulfide) groups is 1. The highest BCUT2D eigenvalue weighted by Gasteiger charge is 2.36. The Morgan fingerprint density at radius 1 is 1.31 bits per heavy atom. The van der Waals surface area contributed by atoms with Gasteiger partial charge in [-0.05, 0) is 25.1 Å². The zero-order valence-electron chi connectivity index (χ0n) is 13.8. The third kappa shape index (κ3) is 2.92. The Morgan fingerprint density at radius 3 is 2.92 bits per heavy atom. The lowest BCUT2D eigenvalue weighted by molar-refractivity contribution is 0.608. The van der Waals surface area contributed by atoms with Crippen LogP contribution in [0.4, 0.5) is 15.9 Å². The van der Waals surface area contributed by atoms with Gasteiger partial charge in [-0.25, -0.2) is 14.4 Å². The summed E-state index contributed by atoms with van der Waals surface area (Å²) < 4.78 is 14.6. The largest absolute Gasteiger partial charge is 0.323 e. The summed E-state index contributed by atoms with van der Waals surface area (Å²) in [5, 5.41) is -0.0338. The summed E-state index contributed by atoms with van der Waals surface area (Å²) in [5.41, 5.74) is 7.98. The second-order valence-corrected chi connectivity index (χ2v) is 7.44. The quantitative estimate of drug-likeness (QED) is 0.706. The molecular formula is C18H15ClFN5S. The van der Waals surface area contributed by atoms with Gasteiger partial charge in [0, 0.05) is 35.1 Å². The molecule has 2 aromatic heterocycles. The second kappa shape index (κ2) is 6.83. The summed E-state index contributed by atoms with van der Waals surface area (Å²) in [4.78, 5) is 15.7. The number of benzene rings is 1. The molecule has 1 aromatic carbocycles. The number of rotatable bonds is 3. The van der Waals surface area contributed by atoms with E-state index in [1.165, 1.54) is 24.2 Å². The molecule has 0 saturated carbocycles. The predicted molar refractivity (Wildman–Crippen MR) is 101 cm³/mol. The Bertz CT molecular complexity index is 948. The van der Waals surface area contributed by atoms with Crippen LogP contribution in [0.1, 0.15) is 29.6 Å². The Balaban J connectivity index is 1.89. The second-order valence-electron chi connectivity index (χ2n) is 5.91. The molecule has 0 bridgehead atoms. The predicted octanol–water partition coefficient (Wildman–Crippen LogP) is 4.63. The molecule has 2 unspecified atom stereocenters. The van der Waals surface area contributed by atoms with E-state index in [-0.39, 0.29) is 11.9 Å². The molecule has 0 aliphatic carbocycles. The monoisotopic (exact) mass is 387 g/mol. The van der Waals surface area contributed by atoms with E-state index in [1.807, 2.05) is 24.0 Å². The van der Waals surface area contributed by atoms with Crippen molar-refractivity contribution in [3.63, 3.8) is 0 Å². The maximum Gasteiger partial charge on any atom is 0.137 e. The van der Waals surface area contributed by atoms with E-state index >= 15 is 0 Å². The SMILES string of the molecule is CC(N)c1cc(N2c3ccncc3SC2c2c(F)cccc2Cl)ncn1. The van der Waals surface area contributed by atoms with Gasteiger partial charge in [-0.1, -0.05) is 29.4 Å². The first kappa shape index (κ1) is 17.2. The Kier molecular flexibility index (Phi) is 4.52. The fourth-order valence-corrected chi connectivity index (χ4v) is 4.55. The highest BCUT2D eigenvalue weighted by atomic mass is 35.5. The van der Waals surface area contributed by atoms with Gasteiger partial charge in [0.05, 0.1) is 16.3 Å². The van der Waals surface area contributed by atoms with Crippen LogP contribution >= 0.6 is 23.4 Å². The molecule has 3 aromatic rings. The number of nitrogens with two attached hydrogens (primary N) is 1. The molecule has 3 heterocycles. The lowest BCUT2D eigenvalue weighted by atomic mass is 10.1. The lowest BCUT2D eigenvalue weighted by Crippen LogP contribution is -2.21. The van der Waals surface area contributed by atoms with Gasteiger partial charge in [0.15, 0.2) is 0 Å². The van der Waals surface area contributed by atoms with Crippen LogP contribution in [0.25, 0.3) is 0 Å². The first-order valence-electron chi connectivity index (χ1n) is 7.97. The molecule has 5 nitrogen and oxygen atoms in total. The summed E-state index contributed by atoms with van der Waals surface area (Å²) in [5.74, 6) is 0.274. The molecular weight excluding hydrogens is 373 g/mol. The van der Waals surface area contributed by atoms with Gasteiger partial charge in [-0.2, -0.15) is 0 Å². The van der Waals surface area contributed by atoms with Crippen LogP contribution in [-0.4, -0.2) is 15.0 Å². The van der Waals surface area contributed by atoms with Crippen molar-refractivity contribution >= 4 is 34.9 Å². The maximum atomic E-state index is 14.6. The number of nitrogens with zero attached hydrogens (tertiary/aromatic N) is 4. The molecule has 2 N–H and O–H groups in total. The van der Waals surface area contributed by atoms with E-state index in [0.717, 1.165) is 10.6 Å². The summed E-state index contributed by atoms with van der Waals surface area (Å²) in [6.07, 6.45) is 4.93. The van der Waals surface area contributed by atoms with Crippen LogP contribution < -0.4 is 10.6 Å². The Morgan fingerprint density at radius 2 is 2.15 bits per heavy atom. The van der Waals surface area contributed by atoms with Gasteiger partial charge >= 0.3 is 0 Å². The first-order chi connectivity index (χ1) is 12.6. The van der Waals surface area contributed by atoms with E-state index < -0.39 is 5.37 Å². The minimum atomic E-state index is -0.404. The summed E-state index contributed by atoms with van der Waals surface area (Å²) in [6, 6.07) is 8.16. The van der Waals surface area contributed by atoms with Crippen LogP contribution in [0, 0.1) is 5.82 Å². The van der Waals surface area contributed by atoms with Gasteiger partial charge in [0.2, 0.25) is 0 Å². The van der Waals surface area contributed by atoms with Gasteiger partial charge in [0.25, 0.3) is 0 Å². The molecule has 1 aliphatic rings. The van der Waals surface area contributed by atoms with Crippen molar-refractivity contribution in [3.8, 4) is 0 Å². The maximum absolute atomic E-state index is 14.6. The van der Waals surface area contributed by atoms with E-state index in [2.05, 4.69) is 15.0 Å². The molecule has 8 heteroatoms. The summed E-state index contributed by atoms with van der Waals surface area (Å²) >= 11 is 7.82. The zero-order valence-corrected chi connectivity index (χ0v) is 15.4. The van der Waals surface area contributed by atoms with E-state index in [1.54, 1.807) is 24.5 Å². The fraction of sp³-hybridized carbons (Fsp3) is 0.167. The van der Waals surface area contributed by atoms with Crippen molar-refractivity contribution in [1.29, 1.82) is 0 Å². The van der Waals surface area contributed by atoms with E-state index in [4.69, 9.17) is 17.3 Å². The number of aromatic nitrogens is 3. The molecule has 0 spiro atoms. The third-order valence-corrected chi connectivity index (χ3v) is 5.70. The normalized spacial score (nSPS) is 17.2. The number of pyridine rings is 1. The summed E-state index contributed by atoms with van der Waals surface area (Å²) in [7, 11) is 0. The number of hydrogen-bond donors (Lipinski definition) is 1. The third-order valence-electron chi connectivity index (χ3n) is 4.13. The molecule has 0 fully saturated rings. The van der Waals surface area contributed by atoms with Crippen LogP contribution in [0.2, 0.25) is 5.02 Å². The number of hydrogen-bond acceptors (Lipinski definition) is 6. The van der Waals surface area contributed by atoms with E-state index in [9.17, 15) is 4.39 Å². The smallest absolute Gasteiger partial charge is 0.137 e. The van der Waals surface area contributed by atoms with Crippen molar-refractivity contribution in [1.82, 2.24) is 15.0 Å². The molecule has 0 saturated heterocycles.